The van der Waals surface area contributed by atoms with Gasteiger partial charge >= 0.3 is 12.1 Å². The van der Waals surface area contributed by atoms with Crippen LogP contribution >= 0.6 is 0 Å². The van der Waals surface area contributed by atoms with Gasteiger partial charge in [0.25, 0.3) is 0 Å². The van der Waals surface area contributed by atoms with Crippen molar-refractivity contribution in [3.63, 3.8) is 0 Å². The molecule has 3 unspecified atom stereocenters. The topological polar surface area (TPSA) is 95.9 Å². The Morgan fingerprint density at radius 3 is 2.26 bits per heavy atom. The van der Waals surface area contributed by atoms with Gasteiger partial charge in [-0.25, -0.2) is 4.79 Å². The first-order chi connectivity index (χ1) is 16.4. The van der Waals surface area contributed by atoms with Gasteiger partial charge in [-0.1, -0.05) is 61.9 Å². The van der Waals surface area contributed by atoms with Crippen molar-refractivity contribution in [3.05, 3.63) is 59.7 Å². The third-order valence-electron chi connectivity index (χ3n) is 7.15. The molecule has 1 aliphatic heterocycles. The summed E-state index contributed by atoms with van der Waals surface area (Å²) in [4.78, 5) is 39.1. The zero-order chi connectivity index (χ0) is 24.2. The molecule has 2 amide bonds. The normalized spacial score (nSPS) is 20.2. The quantitative estimate of drug-likeness (QED) is 0.633. The number of amides is 2. The number of aliphatic carboxylic acids is 1. The van der Waals surface area contributed by atoms with Crippen LogP contribution in [0.1, 0.15) is 56.6 Å². The average Bonchev–Trinajstić information content (AvgIpc) is 3.15. The van der Waals surface area contributed by atoms with E-state index in [-0.39, 0.29) is 24.5 Å². The molecule has 180 valence electrons. The molecule has 1 fully saturated rings. The van der Waals surface area contributed by atoms with Crippen LogP contribution in [-0.2, 0) is 14.3 Å². The van der Waals surface area contributed by atoms with E-state index in [4.69, 9.17) is 4.74 Å². The average molecular weight is 465 g/mol. The van der Waals surface area contributed by atoms with E-state index in [1.54, 1.807) is 4.90 Å². The van der Waals surface area contributed by atoms with Gasteiger partial charge in [0.2, 0.25) is 5.91 Å². The molecule has 7 nitrogen and oxygen atoms in total. The number of fused-ring (bicyclic) bond motifs is 3. The minimum atomic E-state index is -1.16. The molecule has 2 aromatic rings. The molecule has 2 aromatic carbocycles. The van der Waals surface area contributed by atoms with E-state index in [1.807, 2.05) is 43.3 Å². The summed E-state index contributed by atoms with van der Waals surface area (Å²) in [5.41, 5.74) is 4.41. The number of piperidine rings is 1. The highest BCUT2D eigenvalue weighted by atomic mass is 16.5. The highest BCUT2D eigenvalue weighted by Gasteiger charge is 2.35. The lowest BCUT2D eigenvalue weighted by Gasteiger charge is -2.39. The summed E-state index contributed by atoms with van der Waals surface area (Å²) in [6.45, 7) is 4.74. The van der Waals surface area contributed by atoms with Crippen LogP contribution in [0.15, 0.2) is 48.5 Å². The first kappa shape index (κ1) is 23.8. The molecule has 1 heterocycles. The largest absolute Gasteiger partial charge is 0.481 e. The SMILES string of the molecule is CCC1CCC(C)N(C(=O)C(CC(=O)O)NC(=O)OCC2c3ccccc3-c3ccccc32)C1. The lowest BCUT2D eigenvalue weighted by Crippen LogP contribution is -2.54. The molecule has 2 aliphatic rings. The van der Waals surface area contributed by atoms with Crippen molar-refractivity contribution in [3.8, 4) is 11.1 Å². The van der Waals surface area contributed by atoms with E-state index < -0.39 is 24.5 Å². The van der Waals surface area contributed by atoms with Gasteiger partial charge < -0.3 is 20.1 Å². The second-order valence-corrected chi connectivity index (χ2v) is 9.31. The first-order valence-electron chi connectivity index (χ1n) is 12.0. The number of carbonyl (C=O) groups excluding carboxylic acids is 2. The number of benzene rings is 2. The van der Waals surface area contributed by atoms with Gasteiger partial charge in [-0.05, 0) is 47.9 Å². The Kier molecular flexibility index (Phi) is 7.20. The second kappa shape index (κ2) is 10.3. The Hall–Kier alpha value is -3.35. The maximum atomic E-state index is 13.2. The minimum absolute atomic E-state index is 0.0101. The number of ether oxygens (including phenoxy) is 1. The standard InChI is InChI=1S/C27H32N2O5/c1-3-18-13-12-17(2)29(15-18)26(32)24(14-25(30)31)28-27(33)34-16-23-21-10-6-4-8-19(21)20-9-5-7-11-22(20)23/h4-11,17-18,23-24H,3,12-16H2,1-2H3,(H,28,33)(H,30,31). The van der Waals surface area contributed by atoms with Gasteiger partial charge in [-0.3, -0.25) is 9.59 Å². The molecule has 1 saturated heterocycles. The fraction of sp³-hybridized carbons (Fsp3) is 0.444. The fourth-order valence-electron chi connectivity index (χ4n) is 5.18. The van der Waals surface area contributed by atoms with Crippen molar-refractivity contribution in [2.24, 2.45) is 5.92 Å². The number of nitrogens with zero attached hydrogens (tertiary/aromatic N) is 1. The third-order valence-corrected chi connectivity index (χ3v) is 7.15. The number of hydrogen-bond acceptors (Lipinski definition) is 4. The van der Waals surface area contributed by atoms with Gasteiger partial charge in [-0.15, -0.1) is 0 Å². The summed E-state index contributed by atoms with van der Waals surface area (Å²) in [6, 6.07) is 14.9. The van der Waals surface area contributed by atoms with E-state index in [9.17, 15) is 19.5 Å². The fourth-order valence-corrected chi connectivity index (χ4v) is 5.18. The van der Waals surface area contributed by atoms with Crippen LogP contribution in [0, 0.1) is 5.92 Å². The smallest absolute Gasteiger partial charge is 0.407 e. The maximum Gasteiger partial charge on any atom is 0.407 e. The molecule has 1 aliphatic carbocycles. The molecular weight excluding hydrogens is 432 g/mol. The number of nitrogens with one attached hydrogen (secondary N) is 1. The Morgan fingerprint density at radius 2 is 1.68 bits per heavy atom. The van der Waals surface area contributed by atoms with Crippen molar-refractivity contribution in [1.29, 1.82) is 0 Å². The summed E-state index contributed by atoms with van der Waals surface area (Å²) >= 11 is 0. The molecule has 0 aromatic heterocycles. The predicted molar refractivity (Wildman–Crippen MR) is 128 cm³/mol. The Labute approximate surface area is 200 Å². The molecule has 0 saturated carbocycles. The molecule has 34 heavy (non-hydrogen) atoms. The Bertz CT molecular complexity index is 1020. The highest BCUT2D eigenvalue weighted by Crippen LogP contribution is 2.44. The molecule has 0 bridgehead atoms. The third kappa shape index (κ3) is 4.93. The molecule has 4 rings (SSSR count). The van der Waals surface area contributed by atoms with E-state index in [0.717, 1.165) is 41.5 Å². The number of alkyl carbamates (subject to hydrolysis) is 1. The van der Waals surface area contributed by atoms with Crippen LogP contribution in [0.25, 0.3) is 11.1 Å². The number of hydrogen-bond donors (Lipinski definition) is 2. The summed E-state index contributed by atoms with van der Waals surface area (Å²) < 4.78 is 5.54. The van der Waals surface area contributed by atoms with Crippen molar-refractivity contribution in [2.75, 3.05) is 13.2 Å². The van der Waals surface area contributed by atoms with Gasteiger partial charge in [0.1, 0.15) is 12.6 Å². The molecular formula is C27H32N2O5. The zero-order valence-corrected chi connectivity index (χ0v) is 19.7. The lowest BCUT2D eigenvalue weighted by atomic mass is 9.91. The number of carbonyl (C=O) groups is 3. The second-order valence-electron chi connectivity index (χ2n) is 9.31. The zero-order valence-electron chi connectivity index (χ0n) is 19.7. The van der Waals surface area contributed by atoms with E-state index >= 15 is 0 Å². The van der Waals surface area contributed by atoms with E-state index in [2.05, 4.69) is 24.4 Å². The number of likely N-dealkylation sites (tertiary alicyclic amines) is 1. The van der Waals surface area contributed by atoms with Gasteiger partial charge in [0.05, 0.1) is 6.42 Å². The number of rotatable bonds is 7. The van der Waals surface area contributed by atoms with E-state index in [1.165, 1.54) is 0 Å². The molecule has 3 atom stereocenters. The van der Waals surface area contributed by atoms with Crippen LogP contribution in [0.3, 0.4) is 0 Å². The van der Waals surface area contributed by atoms with Crippen molar-refractivity contribution >= 4 is 18.0 Å². The Morgan fingerprint density at radius 1 is 1.06 bits per heavy atom. The van der Waals surface area contributed by atoms with E-state index in [0.29, 0.717) is 12.5 Å². The maximum absolute atomic E-state index is 13.2. The van der Waals surface area contributed by atoms with Gasteiger partial charge in [0, 0.05) is 18.5 Å². The summed E-state index contributed by atoms with van der Waals surface area (Å²) in [7, 11) is 0. The lowest BCUT2D eigenvalue weighted by molar-refractivity contribution is -0.144. The van der Waals surface area contributed by atoms with Crippen molar-refractivity contribution in [1.82, 2.24) is 10.2 Å². The predicted octanol–water partition coefficient (Wildman–Crippen LogP) is 4.41. The minimum Gasteiger partial charge on any atom is -0.481 e. The Balaban J connectivity index is 1.44. The van der Waals surface area contributed by atoms with Gasteiger partial charge in [-0.2, -0.15) is 0 Å². The summed E-state index contributed by atoms with van der Waals surface area (Å²) in [5.74, 6) is -1.23. The van der Waals surface area contributed by atoms with Crippen molar-refractivity contribution in [2.45, 2.75) is 57.5 Å². The summed E-state index contributed by atoms with van der Waals surface area (Å²) in [6.07, 6.45) is 1.61. The molecule has 0 spiro atoms. The number of carboxylic acids is 1. The first-order valence-corrected chi connectivity index (χ1v) is 12.0. The highest BCUT2D eigenvalue weighted by molar-refractivity contribution is 5.89. The molecule has 7 heteroatoms. The van der Waals surface area contributed by atoms with Crippen LogP contribution < -0.4 is 5.32 Å². The van der Waals surface area contributed by atoms with Gasteiger partial charge in [0.15, 0.2) is 0 Å². The molecule has 0 radical (unpaired) electrons. The summed E-state index contributed by atoms with van der Waals surface area (Å²) in [5, 5.41) is 11.9. The van der Waals surface area contributed by atoms with Crippen LogP contribution in [-0.4, -0.2) is 53.2 Å². The number of carboxylic acid groups (broad SMARTS) is 1. The van der Waals surface area contributed by atoms with Crippen LogP contribution in [0.5, 0.6) is 0 Å². The van der Waals surface area contributed by atoms with Crippen LogP contribution in [0.2, 0.25) is 0 Å². The molecule has 2 N–H and O–H groups in total. The monoisotopic (exact) mass is 464 g/mol. The van der Waals surface area contributed by atoms with Crippen LogP contribution in [0.4, 0.5) is 4.79 Å². The van der Waals surface area contributed by atoms with Crippen molar-refractivity contribution < 1.29 is 24.2 Å².